The minimum absolute atomic E-state index is 0.192. The standard InChI is InChI=1S/C25H26ClNO2/c1-17-7-4-5-8-20(17)16-27-12-11-18-14-23(28-2)24(29-3)15-22(18)25(27)19-9-6-10-21(26)13-19/h4-10,13-15,25H,11-12,16H2,1-3H3/p+1/t25-/m1/s1. The molecule has 0 radical (unpaired) electrons. The summed E-state index contributed by atoms with van der Waals surface area (Å²) in [7, 11) is 3.39. The molecule has 3 aromatic carbocycles. The van der Waals surface area contributed by atoms with E-state index >= 15 is 0 Å². The van der Waals surface area contributed by atoms with Gasteiger partial charge in [0, 0.05) is 28.1 Å². The Kier molecular flexibility index (Phi) is 5.79. The van der Waals surface area contributed by atoms with Crippen LogP contribution in [0.25, 0.3) is 0 Å². The minimum atomic E-state index is 0.192. The van der Waals surface area contributed by atoms with Crippen LogP contribution in [-0.4, -0.2) is 20.8 Å². The molecule has 0 aromatic heterocycles. The van der Waals surface area contributed by atoms with Crippen molar-refractivity contribution < 1.29 is 14.4 Å². The first-order chi connectivity index (χ1) is 14.1. The van der Waals surface area contributed by atoms with Gasteiger partial charge in [0.15, 0.2) is 11.5 Å². The molecular formula is C25H27ClNO2+. The van der Waals surface area contributed by atoms with Gasteiger partial charge >= 0.3 is 0 Å². The lowest BCUT2D eigenvalue weighted by atomic mass is 9.87. The van der Waals surface area contributed by atoms with Crippen LogP contribution in [0.3, 0.4) is 0 Å². The molecule has 2 atom stereocenters. The Labute approximate surface area is 177 Å². The van der Waals surface area contributed by atoms with Gasteiger partial charge in [0.05, 0.1) is 20.8 Å². The normalized spacial score (nSPS) is 18.2. The van der Waals surface area contributed by atoms with Crippen LogP contribution < -0.4 is 14.4 Å². The number of quaternary nitrogens is 1. The van der Waals surface area contributed by atoms with E-state index in [4.69, 9.17) is 21.1 Å². The van der Waals surface area contributed by atoms with Gasteiger partial charge in [0.1, 0.15) is 12.6 Å². The van der Waals surface area contributed by atoms with Gasteiger partial charge in [-0.15, -0.1) is 0 Å². The fourth-order valence-corrected chi connectivity index (χ4v) is 4.63. The number of fused-ring (bicyclic) bond motifs is 1. The van der Waals surface area contributed by atoms with Crippen LogP contribution in [0, 0.1) is 6.92 Å². The molecule has 1 N–H and O–H groups in total. The van der Waals surface area contributed by atoms with Crippen molar-refractivity contribution in [3.8, 4) is 11.5 Å². The Balaban J connectivity index is 1.82. The molecular weight excluding hydrogens is 382 g/mol. The fourth-order valence-electron chi connectivity index (χ4n) is 4.43. The Hall–Kier alpha value is -2.49. The number of ether oxygens (including phenoxy) is 2. The zero-order valence-corrected chi connectivity index (χ0v) is 17.9. The van der Waals surface area contributed by atoms with Crippen molar-refractivity contribution in [2.75, 3.05) is 20.8 Å². The van der Waals surface area contributed by atoms with E-state index in [2.05, 4.69) is 55.5 Å². The maximum Gasteiger partial charge on any atom is 0.161 e. The van der Waals surface area contributed by atoms with Gasteiger partial charge in [-0.25, -0.2) is 0 Å². The van der Waals surface area contributed by atoms with Crippen LogP contribution in [0.15, 0.2) is 60.7 Å². The van der Waals surface area contributed by atoms with Gasteiger partial charge in [-0.05, 0) is 42.3 Å². The monoisotopic (exact) mass is 408 g/mol. The van der Waals surface area contributed by atoms with E-state index in [9.17, 15) is 0 Å². The van der Waals surface area contributed by atoms with E-state index in [-0.39, 0.29) is 6.04 Å². The molecule has 0 saturated carbocycles. The number of methoxy groups -OCH3 is 2. The van der Waals surface area contributed by atoms with Crippen molar-refractivity contribution in [2.24, 2.45) is 0 Å². The van der Waals surface area contributed by atoms with Crippen molar-refractivity contribution >= 4 is 11.6 Å². The molecule has 4 rings (SSSR count). The molecule has 1 unspecified atom stereocenters. The number of hydrogen-bond donors (Lipinski definition) is 1. The smallest absolute Gasteiger partial charge is 0.161 e. The number of nitrogens with one attached hydrogen (secondary N) is 1. The Morgan fingerprint density at radius 3 is 2.45 bits per heavy atom. The Bertz CT molecular complexity index is 1020. The van der Waals surface area contributed by atoms with Gasteiger partial charge in [0.2, 0.25) is 0 Å². The zero-order chi connectivity index (χ0) is 20.4. The van der Waals surface area contributed by atoms with E-state index in [0.29, 0.717) is 0 Å². The summed E-state index contributed by atoms with van der Waals surface area (Å²) in [6, 6.07) is 21.4. The first kappa shape index (κ1) is 19.8. The summed E-state index contributed by atoms with van der Waals surface area (Å²) in [6.45, 7) is 4.21. The van der Waals surface area contributed by atoms with Gasteiger partial charge < -0.3 is 14.4 Å². The zero-order valence-electron chi connectivity index (χ0n) is 17.2. The third-order valence-electron chi connectivity index (χ3n) is 5.94. The molecule has 0 aliphatic carbocycles. The van der Waals surface area contributed by atoms with Crippen LogP contribution in [0.5, 0.6) is 11.5 Å². The van der Waals surface area contributed by atoms with E-state index < -0.39 is 0 Å². The van der Waals surface area contributed by atoms with Crippen molar-refractivity contribution in [3.63, 3.8) is 0 Å². The molecule has 1 heterocycles. The Morgan fingerprint density at radius 2 is 1.72 bits per heavy atom. The molecule has 0 fully saturated rings. The summed E-state index contributed by atoms with van der Waals surface area (Å²) in [5.74, 6) is 1.56. The number of aryl methyl sites for hydroxylation is 1. The summed E-state index contributed by atoms with van der Waals surface area (Å²) >= 11 is 6.38. The maximum absolute atomic E-state index is 6.38. The van der Waals surface area contributed by atoms with E-state index in [0.717, 1.165) is 36.0 Å². The Morgan fingerprint density at radius 1 is 0.966 bits per heavy atom. The number of halogens is 1. The molecule has 3 nitrogen and oxygen atoms in total. The predicted octanol–water partition coefficient (Wildman–Crippen LogP) is 4.40. The number of rotatable bonds is 5. The lowest BCUT2D eigenvalue weighted by molar-refractivity contribution is -0.941. The average molecular weight is 409 g/mol. The molecule has 1 aliphatic heterocycles. The van der Waals surface area contributed by atoms with Crippen LogP contribution in [0.4, 0.5) is 0 Å². The molecule has 0 spiro atoms. The first-order valence-electron chi connectivity index (χ1n) is 10.00. The van der Waals surface area contributed by atoms with Crippen molar-refractivity contribution in [1.29, 1.82) is 0 Å². The largest absolute Gasteiger partial charge is 0.493 e. The van der Waals surface area contributed by atoms with Gasteiger partial charge in [-0.1, -0.05) is 48.0 Å². The average Bonchev–Trinajstić information content (AvgIpc) is 2.74. The van der Waals surface area contributed by atoms with Gasteiger partial charge in [-0.2, -0.15) is 0 Å². The molecule has 3 aromatic rings. The third-order valence-corrected chi connectivity index (χ3v) is 6.18. The molecule has 0 saturated heterocycles. The third kappa shape index (κ3) is 3.98. The van der Waals surface area contributed by atoms with Gasteiger partial charge in [-0.3, -0.25) is 0 Å². The molecule has 29 heavy (non-hydrogen) atoms. The fraction of sp³-hybridized carbons (Fsp3) is 0.280. The molecule has 0 amide bonds. The second-order valence-corrected chi connectivity index (χ2v) is 8.09. The van der Waals surface area contributed by atoms with Crippen molar-refractivity contribution in [3.05, 3.63) is 93.5 Å². The summed E-state index contributed by atoms with van der Waals surface area (Å²) in [5.41, 5.74) is 6.57. The highest BCUT2D eigenvalue weighted by Crippen LogP contribution is 2.36. The summed E-state index contributed by atoms with van der Waals surface area (Å²) in [4.78, 5) is 1.52. The van der Waals surface area contributed by atoms with Crippen LogP contribution >= 0.6 is 11.6 Å². The number of hydrogen-bond acceptors (Lipinski definition) is 2. The van der Waals surface area contributed by atoms with E-state index in [1.165, 1.54) is 32.7 Å². The van der Waals surface area contributed by atoms with Crippen molar-refractivity contribution in [2.45, 2.75) is 25.9 Å². The maximum atomic E-state index is 6.38. The molecule has 1 aliphatic rings. The van der Waals surface area contributed by atoms with Crippen LogP contribution in [0.1, 0.15) is 33.9 Å². The minimum Gasteiger partial charge on any atom is -0.493 e. The lowest BCUT2D eigenvalue weighted by Gasteiger charge is -2.35. The predicted molar refractivity (Wildman–Crippen MR) is 117 cm³/mol. The highest BCUT2D eigenvalue weighted by molar-refractivity contribution is 6.30. The second-order valence-electron chi connectivity index (χ2n) is 7.66. The van der Waals surface area contributed by atoms with E-state index in [1.54, 1.807) is 14.2 Å². The van der Waals surface area contributed by atoms with E-state index in [1.807, 2.05) is 12.1 Å². The molecule has 4 heteroatoms. The van der Waals surface area contributed by atoms with Crippen LogP contribution in [0.2, 0.25) is 5.02 Å². The molecule has 150 valence electrons. The quantitative estimate of drug-likeness (QED) is 0.676. The van der Waals surface area contributed by atoms with Crippen LogP contribution in [-0.2, 0) is 13.0 Å². The topological polar surface area (TPSA) is 22.9 Å². The summed E-state index contributed by atoms with van der Waals surface area (Å²) in [6.07, 6.45) is 1.01. The summed E-state index contributed by atoms with van der Waals surface area (Å²) < 4.78 is 11.2. The SMILES string of the molecule is COc1cc2c(cc1OC)[C@@H](c1cccc(Cl)c1)[NH+](Cc1ccccc1C)CC2. The van der Waals surface area contributed by atoms with Crippen molar-refractivity contribution in [1.82, 2.24) is 0 Å². The molecule has 0 bridgehead atoms. The highest BCUT2D eigenvalue weighted by Gasteiger charge is 2.34. The van der Waals surface area contributed by atoms with Gasteiger partial charge in [0.25, 0.3) is 0 Å². The first-order valence-corrected chi connectivity index (χ1v) is 10.4. The second kappa shape index (κ2) is 8.48. The number of benzene rings is 3. The highest BCUT2D eigenvalue weighted by atomic mass is 35.5. The summed E-state index contributed by atoms with van der Waals surface area (Å²) in [5, 5.41) is 0.769. The lowest BCUT2D eigenvalue weighted by Crippen LogP contribution is -3.12.